The lowest BCUT2D eigenvalue weighted by Crippen LogP contribution is -2.30. The van der Waals surface area contributed by atoms with Gasteiger partial charge >= 0.3 is 0 Å². The first-order valence-electron chi connectivity index (χ1n) is 8.78. The van der Waals surface area contributed by atoms with Crippen molar-refractivity contribution in [1.82, 2.24) is 5.32 Å². The predicted molar refractivity (Wildman–Crippen MR) is 87.8 cm³/mol. The molecule has 3 atom stereocenters. The van der Waals surface area contributed by atoms with Crippen LogP contribution in [0.3, 0.4) is 0 Å². The Morgan fingerprint density at radius 1 is 1.29 bits per heavy atom. The van der Waals surface area contributed by atoms with Crippen molar-refractivity contribution in [3.63, 3.8) is 0 Å². The lowest BCUT2D eigenvalue weighted by Gasteiger charge is -2.30. The lowest BCUT2D eigenvalue weighted by molar-refractivity contribution is 0.285. The molecule has 1 aromatic carbocycles. The molecule has 2 heteroatoms. The number of hydrogen-bond donors (Lipinski definition) is 1. The summed E-state index contributed by atoms with van der Waals surface area (Å²) in [6.07, 6.45) is 7.68. The maximum atomic E-state index is 5.77. The van der Waals surface area contributed by atoms with Gasteiger partial charge in [-0.15, -0.1) is 0 Å². The molecule has 1 aliphatic carbocycles. The minimum Gasteiger partial charge on any atom is -0.493 e. The van der Waals surface area contributed by atoms with E-state index in [-0.39, 0.29) is 0 Å². The van der Waals surface area contributed by atoms with Crippen molar-refractivity contribution in [3.05, 3.63) is 29.3 Å². The van der Waals surface area contributed by atoms with E-state index in [1.807, 2.05) is 0 Å². The number of ether oxygens (including phenoxy) is 1. The first-order chi connectivity index (χ1) is 10.3. The number of fused-ring (bicyclic) bond motifs is 1. The summed E-state index contributed by atoms with van der Waals surface area (Å²) in [7, 11) is 0. The van der Waals surface area contributed by atoms with Gasteiger partial charge in [0.1, 0.15) is 5.75 Å². The SMILES string of the molecule is CCCNC(c1ccc2c(c1)CCCO2)C1CCCC1C. The first kappa shape index (κ1) is 14.9. The third-order valence-electron chi connectivity index (χ3n) is 5.26. The molecule has 0 radical (unpaired) electrons. The fourth-order valence-corrected chi connectivity index (χ4v) is 4.06. The highest BCUT2D eigenvalue weighted by Crippen LogP contribution is 2.41. The van der Waals surface area contributed by atoms with Gasteiger partial charge < -0.3 is 10.1 Å². The van der Waals surface area contributed by atoms with E-state index in [2.05, 4.69) is 37.4 Å². The summed E-state index contributed by atoms with van der Waals surface area (Å²) < 4.78 is 5.77. The zero-order valence-electron chi connectivity index (χ0n) is 13.5. The molecule has 1 saturated carbocycles. The van der Waals surface area contributed by atoms with Gasteiger partial charge in [-0.05, 0) is 61.3 Å². The summed E-state index contributed by atoms with van der Waals surface area (Å²) in [6, 6.07) is 7.43. The summed E-state index contributed by atoms with van der Waals surface area (Å²) >= 11 is 0. The summed E-state index contributed by atoms with van der Waals surface area (Å²) in [5.74, 6) is 2.74. The second-order valence-electron chi connectivity index (χ2n) is 6.82. The van der Waals surface area contributed by atoms with E-state index >= 15 is 0 Å². The van der Waals surface area contributed by atoms with E-state index < -0.39 is 0 Å². The fourth-order valence-electron chi connectivity index (χ4n) is 4.06. The highest BCUT2D eigenvalue weighted by Gasteiger charge is 2.31. The number of aryl methyl sites for hydroxylation is 1. The summed E-state index contributed by atoms with van der Waals surface area (Å²) in [6.45, 7) is 6.67. The fraction of sp³-hybridized carbons (Fsp3) is 0.684. The molecule has 2 nitrogen and oxygen atoms in total. The van der Waals surface area contributed by atoms with Crippen molar-refractivity contribution in [1.29, 1.82) is 0 Å². The minimum absolute atomic E-state index is 0.523. The van der Waals surface area contributed by atoms with Crippen molar-refractivity contribution in [2.45, 2.75) is 58.4 Å². The maximum absolute atomic E-state index is 5.77. The molecule has 1 heterocycles. The van der Waals surface area contributed by atoms with Gasteiger partial charge in [-0.3, -0.25) is 0 Å². The Kier molecular flexibility index (Phi) is 4.84. The number of rotatable bonds is 5. The molecule has 0 spiro atoms. The van der Waals surface area contributed by atoms with Crippen LogP contribution in [0.4, 0.5) is 0 Å². The van der Waals surface area contributed by atoms with Crippen LogP contribution in [-0.2, 0) is 6.42 Å². The normalized spacial score (nSPS) is 26.2. The van der Waals surface area contributed by atoms with Crippen molar-refractivity contribution < 1.29 is 4.74 Å². The molecule has 0 amide bonds. The van der Waals surface area contributed by atoms with E-state index in [1.54, 1.807) is 0 Å². The van der Waals surface area contributed by atoms with Crippen LogP contribution in [0, 0.1) is 11.8 Å². The zero-order chi connectivity index (χ0) is 14.7. The van der Waals surface area contributed by atoms with Gasteiger partial charge in [0, 0.05) is 6.04 Å². The van der Waals surface area contributed by atoms with Crippen LogP contribution in [0.15, 0.2) is 18.2 Å². The van der Waals surface area contributed by atoms with Gasteiger partial charge in [0.25, 0.3) is 0 Å². The first-order valence-corrected chi connectivity index (χ1v) is 8.78. The largest absolute Gasteiger partial charge is 0.493 e. The predicted octanol–water partition coefficient (Wildman–Crippen LogP) is 4.49. The van der Waals surface area contributed by atoms with Crippen LogP contribution in [0.1, 0.15) is 63.1 Å². The molecule has 3 rings (SSSR count). The van der Waals surface area contributed by atoms with Gasteiger partial charge in [-0.1, -0.05) is 38.8 Å². The Hall–Kier alpha value is -1.02. The molecule has 116 valence electrons. The average molecular weight is 287 g/mol. The molecule has 1 fully saturated rings. The van der Waals surface area contributed by atoms with Gasteiger partial charge in [0.2, 0.25) is 0 Å². The van der Waals surface area contributed by atoms with Crippen LogP contribution in [0.2, 0.25) is 0 Å². The molecule has 1 aromatic rings. The molecular formula is C19H29NO. The van der Waals surface area contributed by atoms with E-state index in [9.17, 15) is 0 Å². The van der Waals surface area contributed by atoms with Crippen LogP contribution < -0.4 is 10.1 Å². The molecule has 1 N–H and O–H groups in total. The Morgan fingerprint density at radius 3 is 2.95 bits per heavy atom. The van der Waals surface area contributed by atoms with Crippen LogP contribution in [0.25, 0.3) is 0 Å². The Bertz CT molecular complexity index is 471. The third-order valence-corrected chi connectivity index (χ3v) is 5.26. The maximum Gasteiger partial charge on any atom is 0.122 e. The van der Waals surface area contributed by atoms with E-state index in [0.29, 0.717) is 6.04 Å². The van der Waals surface area contributed by atoms with E-state index in [4.69, 9.17) is 4.74 Å². The number of nitrogens with one attached hydrogen (secondary N) is 1. The quantitative estimate of drug-likeness (QED) is 0.861. The molecular weight excluding hydrogens is 258 g/mol. The smallest absolute Gasteiger partial charge is 0.122 e. The van der Waals surface area contributed by atoms with Crippen molar-refractivity contribution in [2.75, 3.05) is 13.2 Å². The zero-order valence-corrected chi connectivity index (χ0v) is 13.5. The van der Waals surface area contributed by atoms with Gasteiger partial charge in [-0.2, -0.15) is 0 Å². The van der Waals surface area contributed by atoms with Crippen molar-refractivity contribution in [2.24, 2.45) is 11.8 Å². The van der Waals surface area contributed by atoms with Gasteiger partial charge in [0.05, 0.1) is 6.61 Å². The number of hydrogen-bond acceptors (Lipinski definition) is 2. The second kappa shape index (κ2) is 6.83. The Balaban J connectivity index is 1.84. The standard InChI is InChI=1S/C19H29NO/c1-3-11-20-19(17-8-4-6-14(17)2)16-9-10-18-15(13-16)7-5-12-21-18/h9-10,13-14,17,19-20H,3-8,11-12H2,1-2H3. The highest BCUT2D eigenvalue weighted by atomic mass is 16.5. The van der Waals surface area contributed by atoms with Gasteiger partial charge in [0.15, 0.2) is 0 Å². The third kappa shape index (κ3) is 3.26. The molecule has 0 aromatic heterocycles. The molecule has 21 heavy (non-hydrogen) atoms. The Labute approximate surface area is 129 Å². The monoisotopic (exact) mass is 287 g/mol. The van der Waals surface area contributed by atoms with Gasteiger partial charge in [-0.25, -0.2) is 0 Å². The molecule has 2 aliphatic rings. The lowest BCUT2D eigenvalue weighted by atomic mass is 9.85. The molecule has 0 saturated heterocycles. The van der Waals surface area contributed by atoms with E-state index in [0.717, 1.165) is 37.2 Å². The number of benzene rings is 1. The van der Waals surface area contributed by atoms with Crippen molar-refractivity contribution >= 4 is 0 Å². The summed E-state index contributed by atoms with van der Waals surface area (Å²) in [5.41, 5.74) is 2.89. The van der Waals surface area contributed by atoms with Crippen molar-refractivity contribution in [3.8, 4) is 5.75 Å². The van der Waals surface area contributed by atoms with E-state index in [1.165, 1.54) is 43.2 Å². The average Bonchev–Trinajstić information content (AvgIpc) is 2.94. The topological polar surface area (TPSA) is 21.3 Å². The minimum atomic E-state index is 0.523. The van der Waals surface area contributed by atoms with Crippen LogP contribution in [-0.4, -0.2) is 13.2 Å². The highest BCUT2D eigenvalue weighted by molar-refractivity contribution is 5.40. The second-order valence-corrected chi connectivity index (χ2v) is 6.82. The van der Waals surface area contributed by atoms with Crippen LogP contribution >= 0.6 is 0 Å². The summed E-state index contributed by atoms with van der Waals surface area (Å²) in [5, 5.41) is 3.82. The summed E-state index contributed by atoms with van der Waals surface area (Å²) in [4.78, 5) is 0. The Morgan fingerprint density at radius 2 is 2.19 bits per heavy atom. The molecule has 0 bridgehead atoms. The van der Waals surface area contributed by atoms with Crippen LogP contribution in [0.5, 0.6) is 5.75 Å². The molecule has 1 aliphatic heterocycles. The molecule has 3 unspecified atom stereocenters.